The van der Waals surface area contributed by atoms with Crippen LogP contribution in [0.5, 0.6) is 0 Å². The van der Waals surface area contributed by atoms with Crippen molar-refractivity contribution in [1.82, 2.24) is 9.80 Å². The second-order valence-electron chi connectivity index (χ2n) is 6.17. The zero-order valence-corrected chi connectivity index (χ0v) is 11.8. The number of nitrogens with zero attached hydrogens (tertiary/aromatic N) is 2. The van der Waals surface area contributed by atoms with E-state index in [9.17, 15) is 4.79 Å². The van der Waals surface area contributed by atoms with E-state index in [1.165, 1.54) is 0 Å². The molecule has 2 aliphatic rings. The van der Waals surface area contributed by atoms with Crippen LogP contribution in [0.1, 0.15) is 27.2 Å². The van der Waals surface area contributed by atoms with Crippen LogP contribution in [0.2, 0.25) is 0 Å². The summed E-state index contributed by atoms with van der Waals surface area (Å²) in [7, 11) is 2.13. The Morgan fingerprint density at radius 3 is 2.72 bits per heavy atom. The van der Waals surface area contributed by atoms with Crippen molar-refractivity contribution in [2.24, 2.45) is 0 Å². The van der Waals surface area contributed by atoms with E-state index in [0.717, 1.165) is 26.1 Å². The standard InChI is InChI=1S/C13H24N2O3/c1-13(2,3)18-12(16)15-6-5-10-11(9-15)17-8-7-14(10)4/h10-11H,5-9H2,1-4H3. The Morgan fingerprint density at radius 1 is 1.33 bits per heavy atom. The summed E-state index contributed by atoms with van der Waals surface area (Å²) in [5.74, 6) is 0. The van der Waals surface area contributed by atoms with Gasteiger partial charge in [0.1, 0.15) is 5.60 Å². The first-order valence-corrected chi connectivity index (χ1v) is 6.66. The highest BCUT2D eigenvalue weighted by Gasteiger charge is 2.37. The Bertz CT molecular complexity index is 314. The van der Waals surface area contributed by atoms with Crippen LogP contribution in [-0.4, -0.2) is 66.9 Å². The van der Waals surface area contributed by atoms with Gasteiger partial charge >= 0.3 is 6.09 Å². The number of hydrogen-bond donors (Lipinski definition) is 0. The number of morpholine rings is 1. The van der Waals surface area contributed by atoms with E-state index in [2.05, 4.69) is 11.9 Å². The minimum absolute atomic E-state index is 0.130. The molecule has 5 heteroatoms. The highest BCUT2D eigenvalue weighted by atomic mass is 16.6. The van der Waals surface area contributed by atoms with Crippen molar-refractivity contribution in [2.75, 3.05) is 33.3 Å². The summed E-state index contributed by atoms with van der Waals surface area (Å²) in [6.45, 7) is 8.80. The fourth-order valence-electron chi connectivity index (χ4n) is 2.58. The van der Waals surface area contributed by atoms with Gasteiger partial charge in [-0.25, -0.2) is 4.79 Å². The third kappa shape index (κ3) is 3.14. The molecule has 2 saturated heterocycles. The average molecular weight is 256 g/mol. The molecular formula is C13H24N2O3. The van der Waals surface area contributed by atoms with E-state index < -0.39 is 5.60 Å². The molecule has 2 fully saturated rings. The number of likely N-dealkylation sites (N-methyl/N-ethyl adjacent to an activating group) is 1. The molecule has 0 N–H and O–H groups in total. The molecule has 2 unspecified atom stereocenters. The lowest BCUT2D eigenvalue weighted by Crippen LogP contribution is -2.59. The molecule has 0 aromatic heterocycles. The highest BCUT2D eigenvalue weighted by molar-refractivity contribution is 5.68. The topological polar surface area (TPSA) is 42.0 Å². The Labute approximate surface area is 109 Å². The number of carbonyl (C=O) groups excluding carboxylic acids is 1. The van der Waals surface area contributed by atoms with Gasteiger partial charge in [-0.1, -0.05) is 0 Å². The first-order valence-electron chi connectivity index (χ1n) is 6.66. The maximum absolute atomic E-state index is 12.0. The minimum atomic E-state index is -0.432. The molecule has 18 heavy (non-hydrogen) atoms. The predicted molar refractivity (Wildman–Crippen MR) is 68.6 cm³/mol. The molecule has 0 bridgehead atoms. The summed E-state index contributed by atoms with van der Waals surface area (Å²) in [6.07, 6.45) is 0.864. The van der Waals surface area contributed by atoms with Crippen LogP contribution in [0.4, 0.5) is 4.79 Å². The number of carbonyl (C=O) groups is 1. The number of rotatable bonds is 0. The maximum atomic E-state index is 12.0. The average Bonchev–Trinajstić information content (AvgIpc) is 2.26. The molecule has 0 saturated carbocycles. The highest BCUT2D eigenvalue weighted by Crippen LogP contribution is 2.23. The SMILES string of the molecule is CN1CCOC2CN(C(=O)OC(C)(C)C)CCC21. The number of piperidine rings is 1. The van der Waals surface area contributed by atoms with Gasteiger partial charge in [-0.2, -0.15) is 0 Å². The lowest BCUT2D eigenvalue weighted by Gasteiger charge is -2.45. The molecule has 104 valence electrons. The smallest absolute Gasteiger partial charge is 0.410 e. The molecule has 0 aromatic carbocycles. The van der Waals surface area contributed by atoms with Crippen LogP contribution < -0.4 is 0 Å². The lowest BCUT2D eigenvalue weighted by molar-refractivity contribution is -0.0964. The van der Waals surface area contributed by atoms with Crippen molar-refractivity contribution in [3.05, 3.63) is 0 Å². The van der Waals surface area contributed by atoms with Crippen LogP contribution >= 0.6 is 0 Å². The van der Waals surface area contributed by atoms with E-state index in [1.54, 1.807) is 4.90 Å². The zero-order valence-electron chi connectivity index (χ0n) is 11.8. The Kier molecular flexibility index (Phi) is 3.82. The van der Waals surface area contributed by atoms with Crippen molar-refractivity contribution in [3.8, 4) is 0 Å². The van der Waals surface area contributed by atoms with Gasteiger partial charge < -0.3 is 14.4 Å². The number of amides is 1. The van der Waals surface area contributed by atoms with Gasteiger partial charge in [0.25, 0.3) is 0 Å². The van der Waals surface area contributed by atoms with Gasteiger partial charge in [0.15, 0.2) is 0 Å². The first kappa shape index (κ1) is 13.6. The summed E-state index contributed by atoms with van der Waals surface area (Å²) in [5.41, 5.74) is -0.432. The maximum Gasteiger partial charge on any atom is 0.410 e. The molecule has 2 atom stereocenters. The van der Waals surface area contributed by atoms with Gasteiger partial charge in [0.2, 0.25) is 0 Å². The van der Waals surface area contributed by atoms with Crippen LogP contribution in [0.25, 0.3) is 0 Å². The van der Waals surface area contributed by atoms with Crippen LogP contribution in [-0.2, 0) is 9.47 Å². The van der Waals surface area contributed by atoms with Crippen LogP contribution in [0, 0.1) is 0 Å². The summed E-state index contributed by atoms with van der Waals surface area (Å²) in [5, 5.41) is 0. The van der Waals surface area contributed by atoms with Gasteiger partial charge in [-0.15, -0.1) is 0 Å². The van der Waals surface area contributed by atoms with E-state index in [-0.39, 0.29) is 12.2 Å². The van der Waals surface area contributed by atoms with E-state index in [0.29, 0.717) is 12.6 Å². The van der Waals surface area contributed by atoms with Gasteiger partial charge in [-0.05, 0) is 34.2 Å². The van der Waals surface area contributed by atoms with E-state index >= 15 is 0 Å². The van der Waals surface area contributed by atoms with Crippen molar-refractivity contribution in [3.63, 3.8) is 0 Å². The monoisotopic (exact) mass is 256 g/mol. The largest absolute Gasteiger partial charge is 0.444 e. The Hall–Kier alpha value is -0.810. The van der Waals surface area contributed by atoms with Crippen molar-refractivity contribution in [1.29, 1.82) is 0 Å². The summed E-state index contributed by atoms with van der Waals surface area (Å²) < 4.78 is 11.2. The Morgan fingerprint density at radius 2 is 2.06 bits per heavy atom. The molecule has 2 rings (SSSR count). The molecule has 1 amide bonds. The van der Waals surface area contributed by atoms with Crippen LogP contribution in [0.3, 0.4) is 0 Å². The third-order valence-corrected chi connectivity index (χ3v) is 3.52. The summed E-state index contributed by atoms with van der Waals surface area (Å²) >= 11 is 0. The second-order valence-corrected chi connectivity index (χ2v) is 6.17. The molecule has 2 heterocycles. The normalized spacial score (nSPS) is 29.9. The lowest BCUT2D eigenvalue weighted by atomic mass is 9.99. The van der Waals surface area contributed by atoms with Gasteiger partial charge in [-0.3, -0.25) is 4.90 Å². The van der Waals surface area contributed by atoms with Gasteiger partial charge in [0.05, 0.1) is 19.3 Å². The second kappa shape index (κ2) is 5.05. The predicted octanol–water partition coefficient (Wildman–Crippen LogP) is 1.33. The van der Waals surface area contributed by atoms with Crippen molar-refractivity contribution >= 4 is 6.09 Å². The fraction of sp³-hybridized carbons (Fsp3) is 0.923. The minimum Gasteiger partial charge on any atom is -0.444 e. The van der Waals surface area contributed by atoms with Crippen molar-refractivity contribution < 1.29 is 14.3 Å². The first-order chi connectivity index (χ1) is 8.37. The summed E-state index contributed by atoms with van der Waals surface area (Å²) in [4.78, 5) is 16.1. The Balaban J connectivity index is 1.92. The third-order valence-electron chi connectivity index (χ3n) is 3.52. The molecule has 5 nitrogen and oxygen atoms in total. The number of likely N-dealkylation sites (tertiary alicyclic amines) is 1. The molecule has 0 aromatic rings. The number of fused-ring (bicyclic) bond motifs is 1. The van der Waals surface area contributed by atoms with Crippen LogP contribution in [0.15, 0.2) is 0 Å². The fourth-order valence-corrected chi connectivity index (χ4v) is 2.58. The molecule has 0 radical (unpaired) electrons. The summed E-state index contributed by atoms with van der Waals surface area (Å²) in [6, 6.07) is 0.442. The van der Waals surface area contributed by atoms with Crippen molar-refractivity contribution in [2.45, 2.75) is 44.9 Å². The zero-order chi connectivity index (χ0) is 13.3. The van der Waals surface area contributed by atoms with Gasteiger partial charge in [0, 0.05) is 19.1 Å². The molecule has 0 aliphatic carbocycles. The number of hydrogen-bond acceptors (Lipinski definition) is 4. The molecular weight excluding hydrogens is 232 g/mol. The van der Waals surface area contributed by atoms with E-state index in [4.69, 9.17) is 9.47 Å². The molecule has 0 spiro atoms. The number of ether oxygens (including phenoxy) is 2. The molecule has 2 aliphatic heterocycles. The quantitative estimate of drug-likeness (QED) is 0.655. The van der Waals surface area contributed by atoms with E-state index in [1.807, 2.05) is 20.8 Å².